The third-order valence-corrected chi connectivity index (χ3v) is 12.3. The minimum absolute atomic E-state index is 0.601. The predicted octanol–water partition coefficient (Wildman–Crippen LogP) is 5.77. The van der Waals surface area contributed by atoms with Gasteiger partial charge in [-0.1, -0.05) is 32.0 Å². The fraction of sp³-hybridized carbons (Fsp3) is 0.462. The SMILES string of the molecule is CCSP(CCC#N)(=Nc1ccccc1)SCC. The summed E-state index contributed by atoms with van der Waals surface area (Å²) in [6, 6.07) is 12.4. The van der Waals surface area contributed by atoms with Gasteiger partial charge in [-0.25, -0.2) is 4.74 Å². The normalized spacial score (nSPS) is 10.9. The van der Waals surface area contributed by atoms with Crippen LogP contribution in [-0.4, -0.2) is 17.7 Å². The lowest BCUT2D eigenvalue weighted by Gasteiger charge is -2.21. The zero-order valence-electron chi connectivity index (χ0n) is 10.9. The first kappa shape index (κ1) is 15.7. The van der Waals surface area contributed by atoms with Crippen molar-refractivity contribution >= 4 is 33.9 Å². The molecule has 0 aliphatic heterocycles. The van der Waals surface area contributed by atoms with Gasteiger partial charge in [-0.05, 0) is 23.6 Å². The second-order valence-corrected chi connectivity index (χ2v) is 13.0. The molecule has 0 N–H and O–H groups in total. The lowest BCUT2D eigenvalue weighted by atomic mass is 10.3. The highest BCUT2D eigenvalue weighted by atomic mass is 33.1. The Bertz CT molecular complexity index is 430. The smallest absolute Gasteiger partial charge is 0.0816 e. The molecule has 0 fully saturated rings. The number of hydrogen-bond acceptors (Lipinski definition) is 4. The Hall–Kier alpha value is -0.360. The quantitative estimate of drug-likeness (QED) is 0.599. The van der Waals surface area contributed by atoms with Gasteiger partial charge in [0.05, 0.1) is 17.2 Å². The molecule has 2 nitrogen and oxygen atoms in total. The fourth-order valence-corrected chi connectivity index (χ4v) is 11.2. The van der Waals surface area contributed by atoms with E-state index in [1.165, 1.54) is 0 Å². The number of benzene rings is 1. The fourth-order valence-electron chi connectivity index (χ4n) is 1.54. The van der Waals surface area contributed by atoms with E-state index >= 15 is 0 Å². The average Bonchev–Trinajstić information content (AvgIpc) is 2.38. The van der Waals surface area contributed by atoms with Gasteiger partial charge in [0.25, 0.3) is 0 Å². The lowest BCUT2D eigenvalue weighted by Crippen LogP contribution is -1.84. The van der Waals surface area contributed by atoms with Crippen LogP contribution in [0.15, 0.2) is 35.1 Å². The summed E-state index contributed by atoms with van der Waals surface area (Å²) < 4.78 is 4.99. The molecule has 98 valence electrons. The second kappa shape index (κ2) is 8.69. The molecule has 0 saturated carbocycles. The molecule has 0 spiro atoms. The highest BCUT2D eigenvalue weighted by Crippen LogP contribution is 2.72. The van der Waals surface area contributed by atoms with Crippen molar-refractivity contribution < 1.29 is 0 Å². The Kier molecular flexibility index (Phi) is 7.58. The largest absolute Gasteiger partial charge is 0.246 e. The van der Waals surface area contributed by atoms with Crippen LogP contribution in [-0.2, 0) is 0 Å². The molecule has 18 heavy (non-hydrogen) atoms. The third kappa shape index (κ3) is 5.10. The molecule has 0 aliphatic rings. The molecule has 0 amide bonds. The van der Waals surface area contributed by atoms with Crippen LogP contribution in [0.5, 0.6) is 0 Å². The molecule has 0 aromatic heterocycles. The van der Waals surface area contributed by atoms with Gasteiger partial charge in [0.15, 0.2) is 0 Å². The Morgan fingerprint density at radius 3 is 2.28 bits per heavy atom. The molecule has 0 atom stereocenters. The molecule has 0 bridgehead atoms. The summed E-state index contributed by atoms with van der Waals surface area (Å²) in [7, 11) is 0. The molecule has 0 saturated heterocycles. The monoisotopic (exact) mass is 298 g/mol. The summed E-state index contributed by atoms with van der Waals surface area (Å²) in [4.78, 5) is 0. The van der Waals surface area contributed by atoms with Crippen molar-refractivity contribution in [2.24, 2.45) is 4.74 Å². The molecular weight excluding hydrogens is 279 g/mol. The van der Waals surface area contributed by atoms with Crippen LogP contribution in [0.1, 0.15) is 20.3 Å². The van der Waals surface area contributed by atoms with Gasteiger partial charge in [-0.3, -0.25) is 0 Å². The first-order valence-electron chi connectivity index (χ1n) is 6.08. The Balaban J connectivity index is 3.07. The van der Waals surface area contributed by atoms with Crippen molar-refractivity contribution in [2.75, 3.05) is 17.7 Å². The molecule has 1 aromatic rings. The van der Waals surface area contributed by atoms with Gasteiger partial charge >= 0.3 is 0 Å². The zero-order valence-corrected chi connectivity index (χ0v) is 13.4. The average molecular weight is 298 g/mol. The van der Waals surface area contributed by atoms with E-state index in [1.54, 1.807) is 0 Å². The molecule has 0 radical (unpaired) electrons. The molecule has 1 rings (SSSR count). The zero-order chi connectivity index (χ0) is 13.3. The number of nitriles is 1. The van der Waals surface area contributed by atoms with E-state index < -0.39 is 5.46 Å². The topological polar surface area (TPSA) is 36.1 Å². The van der Waals surface area contributed by atoms with Crippen LogP contribution < -0.4 is 0 Å². The van der Waals surface area contributed by atoms with Gasteiger partial charge in [0.1, 0.15) is 0 Å². The highest BCUT2D eigenvalue weighted by Gasteiger charge is 2.19. The maximum atomic E-state index is 8.84. The number of hydrogen-bond donors (Lipinski definition) is 0. The van der Waals surface area contributed by atoms with Crippen LogP contribution in [0, 0.1) is 11.3 Å². The summed E-state index contributed by atoms with van der Waals surface area (Å²) in [5, 5.41) is 8.84. The van der Waals surface area contributed by atoms with Gasteiger partial charge in [0, 0.05) is 12.6 Å². The Morgan fingerprint density at radius 2 is 1.78 bits per heavy atom. The second-order valence-electron chi connectivity index (χ2n) is 3.54. The van der Waals surface area contributed by atoms with Crippen LogP contribution in [0.3, 0.4) is 0 Å². The maximum absolute atomic E-state index is 8.84. The van der Waals surface area contributed by atoms with Gasteiger partial charge in [-0.15, -0.1) is 22.8 Å². The molecule has 1 aromatic carbocycles. The molecule has 5 heteroatoms. The van der Waals surface area contributed by atoms with E-state index in [0.717, 1.165) is 23.4 Å². The first-order chi connectivity index (χ1) is 8.76. The van der Waals surface area contributed by atoms with Crippen LogP contribution >= 0.6 is 28.2 Å². The van der Waals surface area contributed by atoms with Gasteiger partial charge in [-0.2, -0.15) is 5.26 Å². The van der Waals surface area contributed by atoms with Crippen LogP contribution in [0.2, 0.25) is 0 Å². The van der Waals surface area contributed by atoms with Crippen molar-refractivity contribution in [3.63, 3.8) is 0 Å². The third-order valence-electron chi connectivity index (χ3n) is 2.19. The summed E-state index contributed by atoms with van der Waals surface area (Å²) in [5.41, 5.74) is -0.452. The van der Waals surface area contributed by atoms with Crippen LogP contribution in [0.4, 0.5) is 5.69 Å². The number of nitrogens with zero attached hydrogens (tertiary/aromatic N) is 2. The summed E-state index contributed by atoms with van der Waals surface area (Å²) in [5.74, 6) is 2.12. The van der Waals surface area contributed by atoms with Gasteiger partial charge in [0.2, 0.25) is 0 Å². The molecular formula is C13H19N2PS2. The molecule has 0 unspecified atom stereocenters. The minimum atomic E-state index is -1.50. The van der Waals surface area contributed by atoms with Crippen molar-refractivity contribution in [1.29, 1.82) is 5.26 Å². The van der Waals surface area contributed by atoms with E-state index in [0.29, 0.717) is 6.42 Å². The van der Waals surface area contributed by atoms with E-state index in [1.807, 2.05) is 53.1 Å². The van der Waals surface area contributed by atoms with E-state index in [9.17, 15) is 0 Å². The maximum Gasteiger partial charge on any atom is 0.0816 e. The molecule has 0 heterocycles. The van der Waals surface area contributed by atoms with Crippen molar-refractivity contribution in [2.45, 2.75) is 20.3 Å². The standard InChI is InChI=1S/C13H19N2PS2/c1-3-17-16(18-4-2,12-8-11-14)15-13-9-6-5-7-10-13/h5-7,9-10H,3-4,8,12H2,1-2H3. The van der Waals surface area contributed by atoms with Crippen LogP contribution in [0.25, 0.3) is 0 Å². The summed E-state index contributed by atoms with van der Waals surface area (Å²) in [6.45, 7) is 4.34. The van der Waals surface area contributed by atoms with E-state index in [-0.39, 0.29) is 0 Å². The lowest BCUT2D eigenvalue weighted by molar-refractivity contribution is 1.23. The first-order valence-corrected chi connectivity index (χ1v) is 11.2. The predicted molar refractivity (Wildman–Crippen MR) is 86.8 cm³/mol. The van der Waals surface area contributed by atoms with Crippen molar-refractivity contribution in [3.05, 3.63) is 30.3 Å². The Morgan fingerprint density at radius 1 is 1.17 bits per heavy atom. The van der Waals surface area contributed by atoms with E-state index in [4.69, 9.17) is 10.0 Å². The van der Waals surface area contributed by atoms with Gasteiger partial charge < -0.3 is 0 Å². The molecule has 0 aliphatic carbocycles. The minimum Gasteiger partial charge on any atom is -0.246 e. The van der Waals surface area contributed by atoms with Crippen molar-refractivity contribution in [3.8, 4) is 6.07 Å². The van der Waals surface area contributed by atoms with Crippen molar-refractivity contribution in [1.82, 2.24) is 0 Å². The Labute approximate surface area is 118 Å². The van der Waals surface area contributed by atoms with E-state index in [2.05, 4.69) is 19.9 Å². The summed E-state index contributed by atoms with van der Waals surface area (Å²) in [6.07, 6.45) is 1.51. The summed E-state index contributed by atoms with van der Waals surface area (Å²) >= 11 is 3.88. The highest BCUT2D eigenvalue weighted by molar-refractivity contribution is 8.91. The number of rotatable bonds is 7.